The Morgan fingerprint density at radius 1 is 1.15 bits per heavy atom. The van der Waals surface area contributed by atoms with Crippen LogP contribution in [0.15, 0.2) is 41.1 Å². The van der Waals surface area contributed by atoms with Crippen molar-refractivity contribution >= 4 is 31.1 Å². The van der Waals surface area contributed by atoms with Crippen LogP contribution in [0.1, 0.15) is 37.9 Å². The summed E-state index contributed by atoms with van der Waals surface area (Å²) in [7, 11) is 0.394. The number of carbonyl (C=O) groups excluding carboxylic acids is 2. The van der Waals surface area contributed by atoms with Crippen molar-refractivity contribution in [3.05, 3.63) is 64.9 Å². The quantitative estimate of drug-likeness (QED) is 0.228. The monoisotopic (exact) mass is 576 g/mol. The van der Waals surface area contributed by atoms with E-state index in [9.17, 15) is 9.59 Å². The van der Waals surface area contributed by atoms with Gasteiger partial charge < -0.3 is 32.9 Å². The molecule has 0 spiro atoms. The Morgan fingerprint density at radius 2 is 1.90 bits per heavy atom. The fraction of sp³-hybridized carbons (Fsp3) is 0.448. The van der Waals surface area contributed by atoms with Crippen molar-refractivity contribution in [2.24, 2.45) is 0 Å². The van der Waals surface area contributed by atoms with E-state index in [1.54, 1.807) is 18.9 Å². The van der Waals surface area contributed by atoms with E-state index in [1.807, 2.05) is 51.3 Å². The molecule has 0 saturated carbocycles. The number of hydrogen-bond acceptors (Lipinski definition) is 7. The number of imidazole rings is 1. The van der Waals surface area contributed by atoms with Gasteiger partial charge in [-0.15, -0.1) is 0 Å². The van der Waals surface area contributed by atoms with Crippen molar-refractivity contribution in [2.75, 3.05) is 26.8 Å². The Hall–Kier alpha value is -3.90. The minimum atomic E-state index is -1.22. The number of nitrogens with zero attached hydrogens (tertiary/aromatic N) is 6. The molecule has 6 rings (SSSR count). The third-order valence-corrected chi connectivity index (χ3v) is 9.98. The molecule has 12 heteroatoms. The Kier molecular flexibility index (Phi) is 6.57. The summed E-state index contributed by atoms with van der Waals surface area (Å²) in [5.41, 5.74) is 2.72. The predicted octanol–water partition coefficient (Wildman–Crippen LogP) is 4.23. The lowest BCUT2D eigenvalue weighted by molar-refractivity contribution is -0.00531. The summed E-state index contributed by atoms with van der Waals surface area (Å²) in [6.07, 6.45) is 1.37. The lowest BCUT2D eigenvalue weighted by Crippen LogP contribution is -2.60. The van der Waals surface area contributed by atoms with E-state index in [0.29, 0.717) is 61.3 Å². The van der Waals surface area contributed by atoms with E-state index in [0.717, 1.165) is 22.9 Å². The molecule has 0 aliphatic carbocycles. The summed E-state index contributed by atoms with van der Waals surface area (Å²) in [5.74, 6) is 1.12. The number of aromatic nitrogens is 4. The van der Waals surface area contributed by atoms with E-state index in [4.69, 9.17) is 19.0 Å². The highest BCUT2D eigenvalue weighted by atomic mass is 28.3. The van der Waals surface area contributed by atoms with Crippen LogP contribution < -0.4 is 4.74 Å². The average Bonchev–Trinajstić information content (AvgIpc) is 3.69. The van der Waals surface area contributed by atoms with Crippen LogP contribution in [0.2, 0.25) is 25.7 Å². The second-order valence-corrected chi connectivity index (χ2v) is 17.7. The van der Waals surface area contributed by atoms with Crippen LogP contribution >= 0.6 is 0 Å². The second kappa shape index (κ2) is 9.88. The summed E-state index contributed by atoms with van der Waals surface area (Å²) in [6, 6.07) is 10.5. The Labute approximate surface area is 239 Å². The molecule has 0 unspecified atom stereocenters. The van der Waals surface area contributed by atoms with Gasteiger partial charge in [0.15, 0.2) is 11.3 Å². The number of carbonyl (C=O) groups is 2. The molecule has 41 heavy (non-hydrogen) atoms. The van der Waals surface area contributed by atoms with Crippen LogP contribution in [0.25, 0.3) is 11.2 Å². The molecular weight excluding hydrogens is 540 g/mol. The first-order valence-electron chi connectivity index (χ1n) is 13.9. The molecular formula is C29H36N6O5Si. The lowest BCUT2D eigenvalue weighted by Gasteiger charge is -2.47. The van der Waals surface area contributed by atoms with Gasteiger partial charge in [-0.25, -0.2) is 4.98 Å². The Balaban J connectivity index is 1.44. The number of hydrogen-bond donors (Lipinski definition) is 0. The van der Waals surface area contributed by atoms with Crippen molar-refractivity contribution in [3.8, 4) is 5.75 Å². The fourth-order valence-electron chi connectivity index (χ4n) is 5.95. The molecule has 1 fully saturated rings. The molecule has 0 bridgehead atoms. The van der Waals surface area contributed by atoms with Crippen molar-refractivity contribution in [1.82, 2.24) is 29.1 Å². The smallest absolute Gasteiger partial charge is 0.272 e. The first kappa shape index (κ1) is 27.3. The standard InChI is InChI=1S/C29H36N6O5Si/c1-19-23(16-40-31-19)27(36)34-11-12-35-28(37)25-15-24-26(30-20(2)33(24)18-39-13-14-41(4,5)6)32(25)17-29(34,35)21-7-9-22(38-3)10-8-21/h7-10,15-16H,11-14,17-18H2,1-6H3/t29-/m1/s1. The highest BCUT2D eigenvalue weighted by molar-refractivity contribution is 6.76. The van der Waals surface area contributed by atoms with Gasteiger partial charge in [0.05, 0.1) is 24.9 Å². The number of rotatable bonds is 8. The van der Waals surface area contributed by atoms with E-state index in [2.05, 4.69) is 24.8 Å². The highest BCUT2D eigenvalue weighted by Gasteiger charge is 2.57. The SMILES string of the molecule is COc1ccc([C@@]23Cn4c(cc5c4nc(C)n5COCC[Si](C)(C)C)C(=O)N2CCN3C(=O)c2conc2C)cc1. The summed E-state index contributed by atoms with van der Waals surface area (Å²) in [4.78, 5) is 36.7. The minimum absolute atomic E-state index is 0.147. The molecule has 1 aromatic carbocycles. The molecule has 11 nitrogen and oxygen atoms in total. The Bertz CT molecular complexity index is 1630. The van der Waals surface area contributed by atoms with Crippen molar-refractivity contribution in [3.63, 3.8) is 0 Å². The molecule has 0 radical (unpaired) electrons. The maximum Gasteiger partial charge on any atom is 0.272 e. The van der Waals surface area contributed by atoms with Crippen LogP contribution in [-0.2, 0) is 23.7 Å². The molecule has 2 amide bonds. The van der Waals surface area contributed by atoms with E-state index in [-0.39, 0.29) is 11.8 Å². The third kappa shape index (κ3) is 4.36. The highest BCUT2D eigenvalue weighted by Crippen LogP contribution is 2.45. The van der Waals surface area contributed by atoms with Gasteiger partial charge in [-0.05, 0) is 38.1 Å². The predicted molar refractivity (Wildman–Crippen MR) is 155 cm³/mol. The zero-order valence-electron chi connectivity index (χ0n) is 24.4. The van der Waals surface area contributed by atoms with Crippen LogP contribution in [0.3, 0.4) is 0 Å². The van der Waals surface area contributed by atoms with E-state index < -0.39 is 13.7 Å². The number of ether oxygens (including phenoxy) is 2. The normalized spacial score (nSPS) is 18.7. The van der Waals surface area contributed by atoms with Crippen LogP contribution in [0, 0.1) is 13.8 Å². The van der Waals surface area contributed by atoms with Gasteiger partial charge in [0.2, 0.25) is 0 Å². The van der Waals surface area contributed by atoms with E-state index >= 15 is 0 Å². The van der Waals surface area contributed by atoms with Crippen molar-refractivity contribution in [2.45, 2.75) is 58.5 Å². The van der Waals surface area contributed by atoms with Crippen LogP contribution in [0.4, 0.5) is 0 Å². The van der Waals surface area contributed by atoms with Gasteiger partial charge in [0.1, 0.15) is 35.8 Å². The summed E-state index contributed by atoms with van der Waals surface area (Å²) >= 11 is 0. The maximum atomic E-state index is 14.2. The lowest BCUT2D eigenvalue weighted by atomic mass is 9.93. The molecule has 2 aliphatic rings. The maximum absolute atomic E-state index is 14.2. The number of methoxy groups -OCH3 is 1. The molecule has 4 aromatic rings. The fourth-order valence-corrected chi connectivity index (χ4v) is 6.71. The third-order valence-electron chi connectivity index (χ3n) is 8.28. The molecule has 1 saturated heterocycles. The molecule has 1 atom stereocenters. The first-order valence-corrected chi connectivity index (χ1v) is 17.6. The number of fused-ring (bicyclic) bond motifs is 4. The second-order valence-electron chi connectivity index (χ2n) is 12.0. The van der Waals surface area contributed by atoms with Crippen molar-refractivity contribution < 1.29 is 23.6 Å². The zero-order chi connectivity index (χ0) is 29.1. The van der Waals surface area contributed by atoms with E-state index in [1.165, 1.54) is 6.26 Å². The van der Waals surface area contributed by atoms with Gasteiger partial charge in [-0.2, -0.15) is 0 Å². The van der Waals surface area contributed by atoms with Crippen LogP contribution in [0.5, 0.6) is 5.75 Å². The Morgan fingerprint density at radius 3 is 2.56 bits per heavy atom. The summed E-state index contributed by atoms with van der Waals surface area (Å²) in [6.45, 7) is 12.8. The van der Waals surface area contributed by atoms with Crippen molar-refractivity contribution in [1.29, 1.82) is 0 Å². The van der Waals surface area contributed by atoms with Gasteiger partial charge in [-0.3, -0.25) is 9.59 Å². The summed E-state index contributed by atoms with van der Waals surface area (Å²) in [5, 5.41) is 3.92. The number of amides is 2. The van der Waals surface area contributed by atoms with Crippen LogP contribution in [-0.4, -0.2) is 75.8 Å². The number of aryl methyl sites for hydroxylation is 2. The molecule has 216 valence electrons. The largest absolute Gasteiger partial charge is 0.497 e. The van der Waals surface area contributed by atoms with Gasteiger partial charge in [-0.1, -0.05) is 36.9 Å². The van der Waals surface area contributed by atoms with Gasteiger partial charge >= 0.3 is 0 Å². The minimum Gasteiger partial charge on any atom is -0.497 e. The topological polar surface area (TPSA) is 108 Å². The molecule has 3 aromatic heterocycles. The molecule has 0 N–H and O–H groups in total. The average molecular weight is 577 g/mol. The molecule has 2 aliphatic heterocycles. The number of benzene rings is 1. The summed E-state index contributed by atoms with van der Waals surface area (Å²) < 4.78 is 20.5. The van der Waals surface area contributed by atoms with Gasteiger partial charge in [0.25, 0.3) is 11.8 Å². The zero-order valence-corrected chi connectivity index (χ0v) is 25.4. The molecule has 5 heterocycles. The first-order chi connectivity index (χ1) is 19.5. The van der Waals surface area contributed by atoms with Gasteiger partial charge in [0, 0.05) is 33.3 Å².